The number of benzene rings is 2. The summed E-state index contributed by atoms with van der Waals surface area (Å²) in [5.74, 6) is -0.905. The number of hydrogen-bond acceptors (Lipinski definition) is 5. The Kier molecular flexibility index (Phi) is 6.44. The van der Waals surface area contributed by atoms with Crippen LogP contribution in [0.15, 0.2) is 48.5 Å². The monoisotopic (exact) mass is 450 g/mol. The van der Waals surface area contributed by atoms with Crippen molar-refractivity contribution in [3.05, 3.63) is 64.7 Å². The average molecular weight is 450 g/mol. The highest BCUT2D eigenvalue weighted by Gasteiger charge is 2.31. The molecule has 0 spiro atoms. The zero-order valence-corrected chi connectivity index (χ0v) is 17.1. The van der Waals surface area contributed by atoms with Gasteiger partial charge >= 0.3 is 12.4 Å². The van der Waals surface area contributed by atoms with Crippen LogP contribution < -0.4 is 20.7 Å². The zero-order valence-electron chi connectivity index (χ0n) is 16.3. The number of alkyl halides is 3. The van der Waals surface area contributed by atoms with E-state index in [1.807, 2.05) is 19.1 Å². The van der Waals surface area contributed by atoms with Crippen LogP contribution in [0.25, 0.3) is 0 Å². The highest BCUT2D eigenvalue weighted by Crippen LogP contribution is 2.26. The Morgan fingerprint density at radius 1 is 0.968 bits per heavy atom. The van der Waals surface area contributed by atoms with E-state index in [9.17, 15) is 22.8 Å². The third-order valence-corrected chi connectivity index (χ3v) is 4.92. The zero-order chi connectivity index (χ0) is 22.6. The second kappa shape index (κ2) is 9.04. The summed E-state index contributed by atoms with van der Waals surface area (Å²) in [5, 5.41) is 8.04. The van der Waals surface area contributed by atoms with Gasteiger partial charge in [0.1, 0.15) is 10.6 Å². The number of nitrogens with zero attached hydrogens (tertiary/aromatic N) is 1. The minimum atomic E-state index is -4.79. The van der Waals surface area contributed by atoms with E-state index in [4.69, 9.17) is 0 Å². The first kappa shape index (κ1) is 22.1. The maximum Gasteiger partial charge on any atom is 0.573 e. The molecule has 0 aliphatic rings. The highest BCUT2D eigenvalue weighted by atomic mass is 32.1. The van der Waals surface area contributed by atoms with Gasteiger partial charge in [-0.05, 0) is 55.8 Å². The van der Waals surface area contributed by atoms with E-state index in [2.05, 4.69) is 25.7 Å². The van der Waals surface area contributed by atoms with Gasteiger partial charge in [0.25, 0.3) is 5.91 Å². The molecule has 0 bridgehead atoms. The number of hydrogen-bond donors (Lipinski definition) is 3. The lowest BCUT2D eigenvalue weighted by molar-refractivity contribution is -0.274. The maximum absolute atomic E-state index is 12.5. The molecule has 0 atom stereocenters. The standard InChI is InChI=1S/C20H17F3N4O3S/c1-11-4-3-5-14(10-11)26-18(29)27-19-24-12(2)16(31-19)17(28)25-13-6-8-15(9-7-13)30-20(21,22)23/h3-10H,1-2H3,(H,25,28)(H2,24,26,27,29). The van der Waals surface area contributed by atoms with Gasteiger partial charge in [-0.25, -0.2) is 9.78 Å². The minimum Gasteiger partial charge on any atom is -0.406 e. The van der Waals surface area contributed by atoms with Gasteiger partial charge < -0.3 is 15.4 Å². The first-order valence-electron chi connectivity index (χ1n) is 8.88. The summed E-state index contributed by atoms with van der Waals surface area (Å²) in [7, 11) is 0. The molecular formula is C20H17F3N4O3S. The molecule has 1 aromatic heterocycles. The lowest BCUT2D eigenvalue weighted by Gasteiger charge is -2.09. The van der Waals surface area contributed by atoms with Crippen LogP contribution in [-0.4, -0.2) is 23.3 Å². The van der Waals surface area contributed by atoms with Gasteiger partial charge in [0.2, 0.25) is 0 Å². The molecule has 0 aliphatic heterocycles. The van der Waals surface area contributed by atoms with Crippen molar-refractivity contribution in [1.82, 2.24) is 4.98 Å². The number of halogens is 3. The van der Waals surface area contributed by atoms with Crippen LogP contribution in [0.3, 0.4) is 0 Å². The Balaban J connectivity index is 1.62. The van der Waals surface area contributed by atoms with Crippen LogP contribution in [0.4, 0.5) is 34.5 Å². The Bertz CT molecular complexity index is 1100. The molecule has 3 amide bonds. The quantitative estimate of drug-likeness (QED) is 0.475. The largest absolute Gasteiger partial charge is 0.573 e. The topological polar surface area (TPSA) is 92.4 Å². The molecule has 31 heavy (non-hydrogen) atoms. The first-order chi connectivity index (χ1) is 14.6. The van der Waals surface area contributed by atoms with Crippen molar-refractivity contribution in [2.45, 2.75) is 20.2 Å². The van der Waals surface area contributed by atoms with E-state index in [0.29, 0.717) is 11.4 Å². The fraction of sp³-hybridized carbons (Fsp3) is 0.150. The third-order valence-electron chi connectivity index (χ3n) is 3.84. The normalized spacial score (nSPS) is 11.0. The fourth-order valence-electron chi connectivity index (χ4n) is 2.57. The lowest BCUT2D eigenvalue weighted by Crippen LogP contribution is -2.19. The fourth-order valence-corrected chi connectivity index (χ4v) is 3.43. The Hall–Kier alpha value is -3.60. The maximum atomic E-state index is 12.5. The number of rotatable bonds is 5. The summed E-state index contributed by atoms with van der Waals surface area (Å²) in [4.78, 5) is 29.1. The van der Waals surface area contributed by atoms with Crippen molar-refractivity contribution in [2.75, 3.05) is 16.0 Å². The number of nitrogens with one attached hydrogen (secondary N) is 3. The van der Waals surface area contributed by atoms with E-state index in [0.717, 1.165) is 29.0 Å². The molecule has 0 unspecified atom stereocenters. The van der Waals surface area contributed by atoms with Crippen molar-refractivity contribution in [3.8, 4) is 5.75 Å². The number of ether oxygens (including phenoxy) is 1. The summed E-state index contributed by atoms with van der Waals surface area (Å²) in [6.07, 6.45) is -4.79. The van der Waals surface area contributed by atoms with Gasteiger partial charge in [-0.1, -0.05) is 23.5 Å². The van der Waals surface area contributed by atoms with Gasteiger partial charge in [-0.3, -0.25) is 10.1 Å². The number of urea groups is 1. The van der Waals surface area contributed by atoms with E-state index >= 15 is 0 Å². The second-order valence-electron chi connectivity index (χ2n) is 6.41. The molecular weight excluding hydrogens is 433 g/mol. The SMILES string of the molecule is Cc1cccc(NC(=O)Nc2nc(C)c(C(=O)Nc3ccc(OC(F)(F)F)cc3)s2)c1. The molecule has 3 N–H and O–H groups in total. The van der Waals surface area contributed by atoms with Gasteiger partial charge in [-0.2, -0.15) is 0 Å². The van der Waals surface area contributed by atoms with Gasteiger partial charge in [0, 0.05) is 11.4 Å². The van der Waals surface area contributed by atoms with E-state index < -0.39 is 24.1 Å². The molecule has 0 radical (unpaired) electrons. The lowest BCUT2D eigenvalue weighted by atomic mass is 10.2. The number of aromatic nitrogens is 1. The molecule has 3 rings (SSSR count). The predicted molar refractivity (Wildman–Crippen MR) is 112 cm³/mol. The molecule has 3 aromatic rings. The number of carbonyl (C=O) groups excluding carboxylic acids is 2. The van der Waals surface area contributed by atoms with Crippen LogP contribution in [0, 0.1) is 13.8 Å². The summed E-state index contributed by atoms with van der Waals surface area (Å²) in [6, 6.07) is 11.5. The van der Waals surface area contributed by atoms with Crippen LogP contribution in [0.5, 0.6) is 5.75 Å². The van der Waals surface area contributed by atoms with Crippen LogP contribution in [-0.2, 0) is 0 Å². The average Bonchev–Trinajstić information content (AvgIpc) is 3.02. The van der Waals surface area contributed by atoms with Crippen molar-refractivity contribution < 1.29 is 27.5 Å². The Morgan fingerprint density at radius 3 is 2.32 bits per heavy atom. The molecule has 0 fully saturated rings. The number of aryl methyl sites for hydroxylation is 2. The Morgan fingerprint density at radius 2 is 1.68 bits per heavy atom. The predicted octanol–water partition coefficient (Wildman–Crippen LogP) is 5.55. The van der Waals surface area contributed by atoms with Crippen LogP contribution >= 0.6 is 11.3 Å². The molecule has 2 aromatic carbocycles. The molecule has 7 nitrogen and oxygen atoms in total. The van der Waals surface area contributed by atoms with Crippen molar-refractivity contribution in [1.29, 1.82) is 0 Å². The van der Waals surface area contributed by atoms with E-state index in [-0.39, 0.29) is 15.7 Å². The number of thiazole rings is 1. The minimum absolute atomic E-state index is 0.224. The highest BCUT2D eigenvalue weighted by molar-refractivity contribution is 7.17. The van der Waals surface area contributed by atoms with Crippen molar-refractivity contribution in [3.63, 3.8) is 0 Å². The first-order valence-corrected chi connectivity index (χ1v) is 9.70. The second-order valence-corrected chi connectivity index (χ2v) is 7.41. The van der Waals surface area contributed by atoms with Gasteiger partial charge in [0.05, 0.1) is 5.69 Å². The third kappa shape index (κ3) is 6.44. The van der Waals surface area contributed by atoms with Crippen molar-refractivity contribution in [2.24, 2.45) is 0 Å². The van der Waals surface area contributed by atoms with Crippen LogP contribution in [0.1, 0.15) is 20.9 Å². The molecule has 0 saturated carbocycles. The number of anilines is 3. The van der Waals surface area contributed by atoms with Gasteiger partial charge in [0.15, 0.2) is 5.13 Å². The molecule has 0 saturated heterocycles. The smallest absolute Gasteiger partial charge is 0.406 e. The number of amides is 3. The van der Waals surface area contributed by atoms with E-state index in [1.165, 1.54) is 12.1 Å². The Labute approximate surface area is 179 Å². The van der Waals surface area contributed by atoms with Gasteiger partial charge in [-0.15, -0.1) is 13.2 Å². The summed E-state index contributed by atoms with van der Waals surface area (Å²) in [6.45, 7) is 3.50. The molecule has 0 aliphatic carbocycles. The summed E-state index contributed by atoms with van der Waals surface area (Å²) < 4.78 is 40.4. The van der Waals surface area contributed by atoms with Crippen molar-refractivity contribution >= 4 is 39.8 Å². The number of carbonyl (C=O) groups is 2. The molecule has 162 valence electrons. The molecule has 11 heteroatoms. The van der Waals surface area contributed by atoms with E-state index in [1.54, 1.807) is 19.1 Å². The van der Waals surface area contributed by atoms with Crippen LogP contribution in [0.2, 0.25) is 0 Å². The molecule has 1 heterocycles. The summed E-state index contributed by atoms with van der Waals surface area (Å²) in [5.41, 5.74) is 2.27. The summed E-state index contributed by atoms with van der Waals surface area (Å²) >= 11 is 0.971.